The van der Waals surface area contributed by atoms with Gasteiger partial charge in [0.15, 0.2) is 0 Å². The van der Waals surface area contributed by atoms with Crippen LogP contribution in [0.2, 0.25) is 0 Å². The van der Waals surface area contributed by atoms with Crippen molar-refractivity contribution < 1.29 is 0 Å². The number of rotatable bonds is 8. The summed E-state index contributed by atoms with van der Waals surface area (Å²) >= 11 is 0. The average molecular weight is 219 g/mol. The molecule has 0 bridgehead atoms. The molecule has 0 rings (SSSR count). The summed E-state index contributed by atoms with van der Waals surface area (Å²) in [7, 11) is 0. The van der Waals surface area contributed by atoms with Crippen LogP contribution in [0.25, 0.3) is 0 Å². The number of likely N-dealkylation sites (N-methyl/N-ethyl adjacent to an activating group) is 1. The number of allylic oxidation sites excluding steroid dienone is 5. The first-order valence-electron chi connectivity index (χ1n) is 6.07. The van der Waals surface area contributed by atoms with Gasteiger partial charge in [-0.2, -0.15) is 0 Å². The Morgan fingerprint density at radius 2 is 1.81 bits per heavy atom. The van der Waals surface area contributed by atoms with Crippen LogP contribution in [0.4, 0.5) is 0 Å². The normalized spacial score (nSPS) is 12.4. The molecule has 0 aromatic carbocycles. The van der Waals surface area contributed by atoms with Crippen molar-refractivity contribution in [3.8, 4) is 0 Å². The summed E-state index contributed by atoms with van der Waals surface area (Å²) in [6.45, 7) is 16.2. The molecule has 0 N–H and O–H groups in total. The molecule has 1 nitrogen and oxygen atoms in total. The second-order valence-corrected chi connectivity index (χ2v) is 3.84. The van der Waals surface area contributed by atoms with E-state index >= 15 is 0 Å². The van der Waals surface area contributed by atoms with Gasteiger partial charge in [-0.15, -0.1) is 0 Å². The van der Waals surface area contributed by atoms with E-state index in [4.69, 9.17) is 0 Å². The van der Waals surface area contributed by atoms with E-state index in [1.165, 1.54) is 24.1 Å². The van der Waals surface area contributed by atoms with Crippen LogP contribution in [-0.4, -0.2) is 18.0 Å². The molecule has 0 aliphatic heterocycles. The van der Waals surface area contributed by atoms with Gasteiger partial charge in [0, 0.05) is 18.8 Å². The van der Waals surface area contributed by atoms with Crippen molar-refractivity contribution >= 4 is 0 Å². The van der Waals surface area contributed by atoms with Crippen molar-refractivity contribution in [2.75, 3.05) is 13.1 Å². The monoisotopic (exact) mass is 219 g/mol. The Balaban J connectivity index is 4.66. The molecule has 0 aliphatic carbocycles. The van der Waals surface area contributed by atoms with Gasteiger partial charge in [-0.1, -0.05) is 44.2 Å². The van der Waals surface area contributed by atoms with Crippen LogP contribution in [0.1, 0.15) is 33.6 Å². The summed E-state index contributed by atoms with van der Waals surface area (Å²) < 4.78 is 0. The Morgan fingerprint density at radius 3 is 2.25 bits per heavy atom. The van der Waals surface area contributed by atoms with Crippen LogP contribution in [0.5, 0.6) is 0 Å². The molecule has 0 aromatic heterocycles. The highest BCUT2D eigenvalue weighted by Gasteiger charge is 2.02. The highest BCUT2D eigenvalue weighted by molar-refractivity contribution is 5.26. The summed E-state index contributed by atoms with van der Waals surface area (Å²) in [5.74, 6) is 0. The van der Waals surface area contributed by atoms with E-state index in [9.17, 15) is 0 Å². The minimum Gasteiger partial charge on any atom is -0.372 e. The smallest absolute Gasteiger partial charge is 0.0360 e. The number of hydrogen-bond donors (Lipinski definition) is 0. The van der Waals surface area contributed by atoms with Crippen LogP contribution in [0.3, 0.4) is 0 Å². The van der Waals surface area contributed by atoms with E-state index in [2.05, 4.69) is 44.1 Å². The van der Waals surface area contributed by atoms with Crippen LogP contribution in [0, 0.1) is 0 Å². The van der Waals surface area contributed by atoms with Gasteiger partial charge in [0.25, 0.3) is 0 Å². The maximum Gasteiger partial charge on any atom is 0.0360 e. The molecular formula is C15H25N. The fraction of sp³-hybridized carbons (Fsp3) is 0.467. The van der Waals surface area contributed by atoms with E-state index in [0.717, 1.165) is 13.1 Å². The van der Waals surface area contributed by atoms with Crippen LogP contribution >= 0.6 is 0 Å². The molecule has 0 spiro atoms. The Morgan fingerprint density at radius 1 is 1.12 bits per heavy atom. The van der Waals surface area contributed by atoms with Crippen molar-refractivity contribution in [3.63, 3.8) is 0 Å². The fourth-order valence-corrected chi connectivity index (χ4v) is 1.41. The molecule has 0 unspecified atom stereocenters. The van der Waals surface area contributed by atoms with E-state index in [1.807, 2.05) is 19.1 Å². The van der Waals surface area contributed by atoms with E-state index in [-0.39, 0.29) is 0 Å². The summed E-state index contributed by atoms with van der Waals surface area (Å²) in [4.78, 5) is 2.35. The lowest BCUT2D eigenvalue weighted by atomic mass is 10.2. The van der Waals surface area contributed by atoms with Gasteiger partial charge in [0.05, 0.1) is 0 Å². The van der Waals surface area contributed by atoms with Crippen LogP contribution in [0.15, 0.2) is 48.7 Å². The lowest BCUT2D eigenvalue weighted by Gasteiger charge is -2.23. The first kappa shape index (κ1) is 14.8. The second-order valence-electron chi connectivity index (χ2n) is 3.84. The molecule has 0 saturated heterocycles. The lowest BCUT2D eigenvalue weighted by molar-refractivity contribution is 0.365. The first-order chi connectivity index (χ1) is 7.69. The molecule has 0 saturated carbocycles. The Bertz CT molecular complexity index is 271. The SMILES string of the molecule is C=C/C(C)=C\C=C(/C=C)N(CC)CCCC. The number of hydrogen-bond acceptors (Lipinski definition) is 1. The zero-order valence-electron chi connectivity index (χ0n) is 11.0. The molecule has 1 heteroatoms. The minimum atomic E-state index is 1.03. The van der Waals surface area contributed by atoms with E-state index in [1.54, 1.807) is 0 Å². The zero-order chi connectivity index (χ0) is 12.4. The molecule has 0 heterocycles. The van der Waals surface area contributed by atoms with Gasteiger partial charge in [0.2, 0.25) is 0 Å². The molecule has 90 valence electrons. The third-order valence-electron chi connectivity index (χ3n) is 2.58. The molecule has 0 atom stereocenters. The average Bonchev–Trinajstić information content (AvgIpc) is 2.32. The third-order valence-corrected chi connectivity index (χ3v) is 2.58. The van der Waals surface area contributed by atoms with Gasteiger partial charge in [-0.3, -0.25) is 0 Å². The van der Waals surface area contributed by atoms with Crippen molar-refractivity contribution in [2.45, 2.75) is 33.6 Å². The van der Waals surface area contributed by atoms with Gasteiger partial charge in [-0.05, 0) is 32.4 Å². The summed E-state index contributed by atoms with van der Waals surface area (Å²) in [6.07, 6.45) is 10.4. The highest BCUT2D eigenvalue weighted by Crippen LogP contribution is 2.08. The molecule has 0 aromatic rings. The maximum absolute atomic E-state index is 3.88. The van der Waals surface area contributed by atoms with Crippen molar-refractivity contribution in [1.82, 2.24) is 4.90 Å². The Kier molecular flexibility index (Phi) is 8.32. The molecule has 0 radical (unpaired) electrons. The third kappa shape index (κ3) is 5.59. The van der Waals surface area contributed by atoms with Crippen molar-refractivity contribution in [1.29, 1.82) is 0 Å². The van der Waals surface area contributed by atoms with Crippen LogP contribution < -0.4 is 0 Å². The predicted molar refractivity (Wildman–Crippen MR) is 74.4 cm³/mol. The minimum absolute atomic E-state index is 1.03. The van der Waals surface area contributed by atoms with E-state index < -0.39 is 0 Å². The van der Waals surface area contributed by atoms with E-state index in [0.29, 0.717) is 0 Å². The molecule has 0 amide bonds. The first-order valence-corrected chi connectivity index (χ1v) is 6.07. The highest BCUT2D eigenvalue weighted by atomic mass is 15.1. The number of nitrogens with zero attached hydrogens (tertiary/aromatic N) is 1. The predicted octanol–water partition coefficient (Wildman–Crippen LogP) is 4.31. The fourth-order valence-electron chi connectivity index (χ4n) is 1.41. The molecule has 0 aliphatic rings. The second kappa shape index (κ2) is 9.02. The molecular weight excluding hydrogens is 194 g/mol. The number of unbranched alkanes of at least 4 members (excludes halogenated alkanes) is 1. The maximum atomic E-state index is 3.88. The van der Waals surface area contributed by atoms with Gasteiger partial charge >= 0.3 is 0 Å². The zero-order valence-corrected chi connectivity index (χ0v) is 11.0. The van der Waals surface area contributed by atoms with Gasteiger partial charge in [0.1, 0.15) is 0 Å². The van der Waals surface area contributed by atoms with Gasteiger partial charge in [-0.25, -0.2) is 0 Å². The standard InChI is InChI=1S/C15H25N/c1-6-10-13-16(9-4)15(8-3)12-11-14(5)7-2/h7-8,11-12H,2-3,6,9-10,13H2,1,4-5H3/b14-11-,15-12+. The van der Waals surface area contributed by atoms with Crippen LogP contribution in [-0.2, 0) is 0 Å². The quantitative estimate of drug-likeness (QED) is 0.550. The topological polar surface area (TPSA) is 3.24 Å². The summed E-state index contributed by atoms with van der Waals surface area (Å²) in [5, 5.41) is 0. The Hall–Kier alpha value is -1.24. The largest absolute Gasteiger partial charge is 0.372 e. The summed E-state index contributed by atoms with van der Waals surface area (Å²) in [5.41, 5.74) is 2.36. The Labute approximate surface area is 101 Å². The lowest BCUT2D eigenvalue weighted by Crippen LogP contribution is -2.22. The van der Waals surface area contributed by atoms with Crippen molar-refractivity contribution in [3.05, 3.63) is 48.7 Å². The summed E-state index contributed by atoms with van der Waals surface area (Å²) in [6, 6.07) is 0. The van der Waals surface area contributed by atoms with Crippen molar-refractivity contribution in [2.24, 2.45) is 0 Å². The molecule has 16 heavy (non-hydrogen) atoms. The molecule has 0 fully saturated rings. The van der Waals surface area contributed by atoms with Gasteiger partial charge < -0.3 is 4.90 Å².